The van der Waals surface area contributed by atoms with Gasteiger partial charge in [-0.25, -0.2) is 15.0 Å². The third kappa shape index (κ3) is 4.83. The number of morpholine rings is 1. The Morgan fingerprint density at radius 1 is 1.29 bits per heavy atom. The molecule has 0 unspecified atom stereocenters. The van der Waals surface area contributed by atoms with Gasteiger partial charge in [-0.3, -0.25) is 4.79 Å². The van der Waals surface area contributed by atoms with Crippen molar-refractivity contribution >= 4 is 17.8 Å². The number of hydrogen-bond donors (Lipinski definition) is 2. The van der Waals surface area contributed by atoms with E-state index in [2.05, 4.69) is 24.8 Å². The molecule has 1 atom stereocenters. The number of ether oxygens (including phenoxy) is 2. The number of aliphatic hydroxyl groups excluding tert-OH is 1. The molecule has 4 rings (SSSR count). The van der Waals surface area contributed by atoms with Gasteiger partial charge in [0.1, 0.15) is 12.2 Å². The van der Waals surface area contributed by atoms with Crippen LogP contribution in [-0.2, 0) is 9.53 Å². The maximum absolute atomic E-state index is 12.0. The zero-order valence-electron chi connectivity index (χ0n) is 17.6. The van der Waals surface area contributed by atoms with E-state index in [1.807, 2.05) is 0 Å². The van der Waals surface area contributed by atoms with Gasteiger partial charge in [0.2, 0.25) is 17.8 Å². The van der Waals surface area contributed by atoms with E-state index in [-0.39, 0.29) is 24.0 Å². The summed E-state index contributed by atoms with van der Waals surface area (Å²) in [5, 5.41) is 9.50. The van der Waals surface area contributed by atoms with E-state index in [4.69, 9.17) is 15.2 Å². The summed E-state index contributed by atoms with van der Waals surface area (Å²) in [7, 11) is 1.70. The molecule has 3 heterocycles. The topological polar surface area (TPSA) is 140 Å². The second kappa shape index (κ2) is 8.98. The lowest BCUT2D eigenvalue weighted by Gasteiger charge is -2.41. The zero-order valence-corrected chi connectivity index (χ0v) is 17.6. The third-order valence-electron chi connectivity index (χ3n) is 5.56. The molecule has 11 heteroatoms. The van der Waals surface area contributed by atoms with Crippen molar-refractivity contribution in [2.24, 2.45) is 0 Å². The summed E-state index contributed by atoms with van der Waals surface area (Å²) in [5.74, 6) is 0.922. The molecule has 0 radical (unpaired) electrons. The van der Waals surface area contributed by atoms with Crippen LogP contribution in [0.3, 0.4) is 0 Å². The van der Waals surface area contributed by atoms with Crippen molar-refractivity contribution in [3.63, 3.8) is 0 Å². The lowest BCUT2D eigenvalue weighted by atomic mass is 9.88. The van der Waals surface area contributed by atoms with Crippen LogP contribution >= 0.6 is 0 Å². The van der Waals surface area contributed by atoms with Crippen LogP contribution in [0.25, 0.3) is 11.3 Å². The number of hydrogen-bond acceptors (Lipinski definition) is 10. The second-order valence-corrected chi connectivity index (χ2v) is 7.81. The highest BCUT2D eigenvalue weighted by molar-refractivity contribution is 5.80. The monoisotopic (exact) mass is 429 g/mol. The maximum Gasteiger partial charge on any atom is 0.251 e. The quantitative estimate of drug-likeness (QED) is 0.650. The first kappa shape index (κ1) is 21.2. The normalized spacial score (nSPS) is 21.8. The molecule has 1 aliphatic heterocycles. The van der Waals surface area contributed by atoms with E-state index in [0.717, 1.165) is 0 Å². The van der Waals surface area contributed by atoms with Crippen LogP contribution < -0.4 is 15.4 Å². The Morgan fingerprint density at radius 2 is 1.97 bits per heavy atom. The molecule has 2 aromatic heterocycles. The highest BCUT2D eigenvalue weighted by Gasteiger charge is 2.37. The standard InChI is InChI=1S/C20H27N7O4/c1-12(28)18(29)26(2)14-7-15(8-14)31-17-9-16(13-10-22-19(21)23-11-13)24-20(25-17)27-3-5-30-6-4-27/h9-12,14-15,28H,3-8H2,1-2H3,(H2,21,22,23)/t12-,14?,15?/m1/s1. The van der Waals surface area contributed by atoms with Crippen molar-refractivity contribution in [3.8, 4) is 17.1 Å². The highest BCUT2D eigenvalue weighted by atomic mass is 16.5. The molecule has 2 aromatic rings. The predicted molar refractivity (Wildman–Crippen MR) is 112 cm³/mol. The minimum atomic E-state index is -1.01. The molecule has 1 saturated carbocycles. The molecular weight excluding hydrogens is 402 g/mol. The van der Waals surface area contributed by atoms with E-state index in [1.165, 1.54) is 6.92 Å². The van der Waals surface area contributed by atoms with Crippen molar-refractivity contribution in [2.45, 2.75) is 38.0 Å². The molecule has 11 nitrogen and oxygen atoms in total. The molecule has 1 saturated heterocycles. The van der Waals surface area contributed by atoms with Gasteiger partial charge in [0.05, 0.1) is 18.9 Å². The van der Waals surface area contributed by atoms with Gasteiger partial charge in [-0.2, -0.15) is 4.98 Å². The number of aliphatic hydroxyl groups is 1. The van der Waals surface area contributed by atoms with Gasteiger partial charge in [-0.1, -0.05) is 0 Å². The number of carbonyl (C=O) groups is 1. The first-order valence-electron chi connectivity index (χ1n) is 10.3. The van der Waals surface area contributed by atoms with Crippen molar-refractivity contribution in [1.82, 2.24) is 24.8 Å². The second-order valence-electron chi connectivity index (χ2n) is 7.81. The van der Waals surface area contributed by atoms with Crippen LogP contribution in [0.1, 0.15) is 19.8 Å². The maximum atomic E-state index is 12.0. The summed E-state index contributed by atoms with van der Waals surface area (Å²) in [6.07, 6.45) is 3.50. The number of likely N-dealkylation sites (N-methyl/N-ethyl adjacent to an activating group) is 1. The van der Waals surface area contributed by atoms with Gasteiger partial charge in [0.25, 0.3) is 5.91 Å². The van der Waals surface area contributed by atoms with E-state index in [1.54, 1.807) is 30.4 Å². The average Bonchev–Trinajstić information content (AvgIpc) is 2.76. The largest absolute Gasteiger partial charge is 0.474 e. The predicted octanol–water partition coefficient (Wildman–Crippen LogP) is 0.101. The van der Waals surface area contributed by atoms with Gasteiger partial charge in [0, 0.05) is 63.0 Å². The van der Waals surface area contributed by atoms with Crippen molar-refractivity contribution < 1.29 is 19.4 Å². The summed E-state index contributed by atoms with van der Waals surface area (Å²) >= 11 is 0. The zero-order chi connectivity index (χ0) is 22.0. The molecule has 166 valence electrons. The van der Waals surface area contributed by atoms with E-state index < -0.39 is 6.10 Å². The summed E-state index contributed by atoms with van der Waals surface area (Å²) < 4.78 is 11.5. The number of rotatable bonds is 6. The van der Waals surface area contributed by atoms with E-state index >= 15 is 0 Å². The van der Waals surface area contributed by atoms with Gasteiger partial charge in [-0.15, -0.1) is 0 Å². The lowest BCUT2D eigenvalue weighted by molar-refractivity contribution is -0.143. The van der Waals surface area contributed by atoms with Crippen molar-refractivity contribution in [3.05, 3.63) is 18.5 Å². The first-order valence-corrected chi connectivity index (χ1v) is 10.3. The number of aromatic nitrogens is 4. The molecular formula is C20H27N7O4. The van der Waals surface area contributed by atoms with E-state index in [9.17, 15) is 9.90 Å². The Kier molecular flexibility index (Phi) is 6.14. The minimum absolute atomic E-state index is 0.0395. The van der Waals surface area contributed by atoms with Gasteiger partial charge in [0.15, 0.2) is 0 Å². The Labute approximate surface area is 180 Å². The van der Waals surface area contributed by atoms with Gasteiger partial charge in [-0.05, 0) is 6.92 Å². The fourth-order valence-corrected chi connectivity index (χ4v) is 3.59. The summed E-state index contributed by atoms with van der Waals surface area (Å²) in [6, 6.07) is 1.80. The molecule has 0 aromatic carbocycles. The van der Waals surface area contributed by atoms with Crippen LogP contribution in [0.4, 0.5) is 11.9 Å². The van der Waals surface area contributed by atoms with Crippen molar-refractivity contribution in [1.29, 1.82) is 0 Å². The Bertz CT molecular complexity index is 912. The lowest BCUT2D eigenvalue weighted by Crippen LogP contribution is -2.52. The van der Waals surface area contributed by atoms with Crippen LogP contribution in [-0.4, -0.2) is 87.5 Å². The van der Waals surface area contributed by atoms with Crippen LogP contribution in [0.15, 0.2) is 18.5 Å². The molecule has 2 aliphatic rings. The third-order valence-corrected chi connectivity index (χ3v) is 5.56. The van der Waals surface area contributed by atoms with E-state index in [0.29, 0.717) is 62.2 Å². The Balaban J connectivity index is 1.51. The molecule has 2 fully saturated rings. The minimum Gasteiger partial charge on any atom is -0.474 e. The molecule has 31 heavy (non-hydrogen) atoms. The van der Waals surface area contributed by atoms with Crippen LogP contribution in [0.5, 0.6) is 5.88 Å². The number of nitrogens with two attached hydrogens (primary N) is 1. The fraction of sp³-hybridized carbons (Fsp3) is 0.550. The molecule has 1 aliphatic carbocycles. The summed E-state index contributed by atoms with van der Waals surface area (Å²) in [5.41, 5.74) is 6.96. The number of carbonyl (C=O) groups excluding carboxylic acids is 1. The Morgan fingerprint density at radius 3 is 2.61 bits per heavy atom. The number of nitrogens with zero attached hydrogens (tertiary/aromatic N) is 6. The fourth-order valence-electron chi connectivity index (χ4n) is 3.59. The number of nitrogen functional groups attached to an aromatic ring is 1. The first-order chi connectivity index (χ1) is 14.9. The van der Waals surface area contributed by atoms with Gasteiger partial charge < -0.3 is 30.1 Å². The number of anilines is 2. The molecule has 1 amide bonds. The molecule has 0 bridgehead atoms. The summed E-state index contributed by atoms with van der Waals surface area (Å²) in [4.78, 5) is 33.0. The van der Waals surface area contributed by atoms with Gasteiger partial charge >= 0.3 is 0 Å². The molecule has 0 spiro atoms. The Hall–Kier alpha value is -3.05. The highest BCUT2D eigenvalue weighted by Crippen LogP contribution is 2.31. The molecule has 3 N–H and O–H groups in total. The van der Waals surface area contributed by atoms with Crippen molar-refractivity contribution in [2.75, 3.05) is 44.0 Å². The average molecular weight is 429 g/mol. The SMILES string of the molecule is C[C@@H](O)C(=O)N(C)C1CC(Oc2cc(-c3cnc(N)nc3)nc(N3CCOCC3)n2)C1. The summed E-state index contributed by atoms with van der Waals surface area (Å²) in [6.45, 7) is 4.09. The van der Waals surface area contributed by atoms with Crippen LogP contribution in [0, 0.1) is 0 Å². The van der Waals surface area contributed by atoms with Crippen LogP contribution in [0.2, 0.25) is 0 Å². The number of amides is 1. The smallest absolute Gasteiger partial charge is 0.251 e.